The Morgan fingerprint density at radius 1 is 1.11 bits per heavy atom. The maximum Gasteiger partial charge on any atom is 0.253 e. The Kier molecular flexibility index (Phi) is 5.79. The Balaban J connectivity index is 2.00. The lowest BCUT2D eigenvalue weighted by Crippen LogP contribution is -2.33. The monoisotopic (exact) mass is 383 g/mol. The first-order valence-electron chi connectivity index (χ1n) is 9.17. The summed E-state index contributed by atoms with van der Waals surface area (Å²) in [7, 11) is 0. The van der Waals surface area contributed by atoms with Crippen molar-refractivity contribution in [1.29, 1.82) is 0 Å². The van der Waals surface area contributed by atoms with Crippen LogP contribution in [-0.4, -0.2) is 43.5 Å². The predicted octanol–water partition coefficient (Wildman–Crippen LogP) is 3.75. The van der Waals surface area contributed by atoms with Gasteiger partial charge in [0.15, 0.2) is 0 Å². The van der Waals surface area contributed by atoms with Crippen molar-refractivity contribution < 1.29 is 4.79 Å². The highest BCUT2D eigenvalue weighted by Gasteiger charge is 2.27. The highest BCUT2D eigenvalue weighted by Crippen LogP contribution is 2.35. The summed E-state index contributed by atoms with van der Waals surface area (Å²) in [4.78, 5) is 24.1. The molecule has 0 radical (unpaired) electrons. The van der Waals surface area contributed by atoms with E-state index in [0.29, 0.717) is 24.0 Å². The van der Waals surface area contributed by atoms with Gasteiger partial charge >= 0.3 is 0 Å². The van der Waals surface area contributed by atoms with Crippen molar-refractivity contribution in [3.05, 3.63) is 52.8 Å². The van der Waals surface area contributed by atoms with Crippen LogP contribution in [0.1, 0.15) is 41.6 Å². The van der Waals surface area contributed by atoms with E-state index in [1.807, 2.05) is 69.9 Å². The summed E-state index contributed by atoms with van der Waals surface area (Å²) in [5.74, 6) is 0.646. The van der Waals surface area contributed by atoms with Crippen LogP contribution in [0.2, 0.25) is 0 Å². The van der Waals surface area contributed by atoms with E-state index >= 15 is 0 Å². The van der Waals surface area contributed by atoms with Crippen LogP contribution in [0.3, 0.4) is 0 Å². The number of benzene rings is 1. The van der Waals surface area contributed by atoms with Crippen LogP contribution in [-0.2, 0) is 4.79 Å². The molecule has 0 saturated carbocycles. The molecule has 0 bridgehead atoms. The number of aromatic nitrogens is 4. The normalized spacial score (nSPS) is 12.3. The van der Waals surface area contributed by atoms with Crippen LogP contribution in [0, 0.1) is 20.8 Å². The minimum Gasteiger partial charge on any atom is -0.342 e. The molecule has 6 nitrogen and oxygen atoms in total. The quantitative estimate of drug-likeness (QED) is 0.607. The fourth-order valence-electron chi connectivity index (χ4n) is 2.98. The molecule has 0 aliphatic rings. The molecule has 0 fully saturated rings. The average molecular weight is 384 g/mol. The summed E-state index contributed by atoms with van der Waals surface area (Å²) in [6.07, 6.45) is 0. The van der Waals surface area contributed by atoms with Crippen molar-refractivity contribution in [2.45, 2.75) is 45.0 Å². The fourth-order valence-corrected chi connectivity index (χ4v) is 4.00. The minimum atomic E-state index is -0.383. The molecule has 1 aromatic carbocycles. The summed E-state index contributed by atoms with van der Waals surface area (Å²) in [6.45, 7) is 11.4. The van der Waals surface area contributed by atoms with E-state index in [2.05, 4.69) is 15.1 Å². The second-order valence-electron chi connectivity index (χ2n) is 6.43. The number of rotatable bonds is 6. The molecule has 3 rings (SSSR count). The number of nitrogens with zero attached hydrogens (tertiary/aromatic N) is 5. The third kappa shape index (κ3) is 3.83. The predicted molar refractivity (Wildman–Crippen MR) is 108 cm³/mol. The van der Waals surface area contributed by atoms with Gasteiger partial charge in [-0.1, -0.05) is 42.1 Å². The first kappa shape index (κ1) is 19.4. The van der Waals surface area contributed by atoms with Crippen LogP contribution in [0.5, 0.6) is 0 Å². The first-order valence-corrected chi connectivity index (χ1v) is 10.0. The van der Waals surface area contributed by atoms with Crippen molar-refractivity contribution in [2.24, 2.45) is 0 Å². The smallest absolute Gasteiger partial charge is 0.253 e. The van der Waals surface area contributed by atoms with Crippen LogP contribution in [0.25, 0.3) is 5.78 Å². The molecule has 142 valence electrons. The van der Waals surface area contributed by atoms with E-state index < -0.39 is 0 Å². The van der Waals surface area contributed by atoms with E-state index in [-0.39, 0.29) is 11.2 Å². The van der Waals surface area contributed by atoms with Gasteiger partial charge in [-0.15, -0.1) is 5.10 Å². The van der Waals surface area contributed by atoms with Crippen LogP contribution >= 0.6 is 11.8 Å². The number of hydrogen-bond acceptors (Lipinski definition) is 5. The molecule has 0 aliphatic heterocycles. The molecular formula is C20H25N5OS. The van der Waals surface area contributed by atoms with Gasteiger partial charge in [-0.25, -0.2) is 9.50 Å². The van der Waals surface area contributed by atoms with Crippen molar-refractivity contribution in [1.82, 2.24) is 24.5 Å². The number of carbonyl (C=O) groups excluding carboxylic acids is 1. The lowest BCUT2D eigenvalue weighted by Gasteiger charge is -2.24. The van der Waals surface area contributed by atoms with E-state index in [1.165, 1.54) is 11.8 Å². The van der Waals surface area contributed by atoms with Crippen LogP contribution < -0.4 is 0 Å². The fraction of sp³-hybridized carbons (Fsp3) is 0.400. The molecule has 0 aliphatic carbocycles. The van der Waals surface area contributed by atoms with E-state index in [9.17, 15) is 4.79 Å². The lowest BCUT2D eigenvalue weighted by molar-refractivity contribution is -0.130. The molecule has 1 atom stereocenters. The standard InChI is InChI=1S/C20H25N5OS/c1-6-24(7-2)18(26)17(16-11-9-8-10-12-16)27-20-22-19-21-14(4)13(3)15(5)25(19)23-20/h8-12,17H,6-7H2,1-5H3/t17-/m0/s1. The van der Waals surface area contributed by atoms with Gasteiger partial charge < -0.3 is 4.90 Å². The molecule has 0 saturated heterocycles. The zero-order valence-electron chi connectivity index (χ0n) is 16.4. The van der Waals surface area contributed by atoms with E-state index in [1.54, 1.807) is 4.52 Å². The SMILES string of the molecule is CCN(CC)C(=O)[C@@H](Sc1nc2nc(C)c(C)c(C)n2n1)c1ccccc1. The van der Waals surface area contributed by atoms with Gasteiger partial charge in [-0.2, -0.15) is 4.98 Å². The second-order valence-corrected chi connectivity index (χ2v) is 7.51. The summed E-state index contributed by atoms with van der Waals surface area (Å²) >= 11 is 1.38. The molecule has 1 amide bonds. The molecule has 7 heteroatoms. The van der Waals surface area contributed by atoms with Crippen molar-refractivity contribution >= 4 is 23.4 Å². The largest absolute Gasteiger partial charge is 0.342 e. The van der Waals surface area contributed by atoms with Gasteiger partial charge in [-0.3, -0.25) is 4.79 Å². The first-order chi connectivity index (χ1) is 13.0. The summed E-state index contributed by atoms with van der Waals surface area (Å²) < 4.78 is 1.76. The topological polar surface area (TPSA) is 63.4 Å². The van der Waals surface area contributed by atoms with E-state index in [0.717, 1.165) is 22.5 Å². The molecule has 0 unspecified atom stereocenters. The summed E-state index contributed by atoms with van der Waals surface area (Å²) in [6, 6.07) is 9.82. The average Bonchev–Trinajstić information content (AvgIpc) is 3.08. The van der Waals surface area contributed by atoms with Gasteiger partial charge in [0.05, 0.1) is 0 Å². The Hall–Kier alpha value is -2.41. The Morgan fingerprint density at radius 2 is 1.78 bits per heavy atom. The molecule has 2 heterocycles. The third-order valence-electron chi connectivity index (χ3n) is 4.87. The minimum absolute atomic E-state index is 0.0760. The Bertz CT molecular complexity index is 950. The molecule has 2 aromatic heterocycles. The highest BCUT2D eigenvalue weighted by atomic mass is 32.2. The van der Waals surface area contributed by atoms with Crippen LogP contribution in [0.4, 0.5) is 0 Å². The molecule has 3 aromatic rings. The number of amides is 1. The number of aryl methyl sites for hydroxylation is 2. The van der Waals surface area contributed by atoms with Crippen molar-refractivity contribution in [2.75, 3.05) is 13.1 Å². The lowest BCUT2D eigenvalue weighted by atomic mass is 10.1. The zero-order valence-corrected chi connectivity index (χ0v) is 17.2. The van der Waals surface area contributed by atoms with Crippen LogP contribution in [0.15, 0.2) is 35.5 Å². The zero-order chi connectivity index (χ0) is 19.6. The Labute approximate surface area is 164 Å². The number of fused-ring (bicyclic) bond motifs is 1. The van der Waals surface area contributed by atoms with Gasteiger partial charge in [0, 0.05) is 24.5 Å². The van der Waals surface area contributed by atoms with Crippen molar-refractivity contribution in [3.63, 3.8) is 0 Å². The second kappa shape index (κ2) is 8.08. The third-order valence-corrected chi connectivity index (χ3v) is 5.96. The summed E-state index contributed by atoms with van der Waals surface area (Å²) in [5.41, 5.74) is 4.02. The molecular weight excluding hydrogens is 358 g/mol. The van der Waals surface area contributed by atoms with E-state index in [4.69, 9.17) is 0 Å². The van der Waals surface area contributed by atoms with Crippen molar-refractivity contribution in [3.8, 4) is 0 Å². The maximum absolute atomic E-state index is 13.1. The van der Waals surface area contributed by atoms with Gasteiger partial charge in [0.1, 0.15) is 5.25 Å². The van der Waals surface area contributed by atoms with Gasteiger partial charge in [0.25, 0.3) is 5.78 Å². The number of thioether (sulfide) groups is 1. The molecule has 0 spiro atoms. The maximum atomic E-state index is 13.1. The number of carbonyl (C=O) groups is 1. The number of hydrogen-bond donors (Lipinski definition) is 0. The Morgan fingerprint density at radius 3 is 2.41 bits per heavy atom. The number of likely N-dealkylation sites (N-methyl/N-ethyl adjacent to an activating group) is 1. The van der Waals surface area contributed by atoms with Gasteiger partial charge in [-0.05, 0) is 45.7 Å². The molecule has 27 heavy (non-hydrogen) atoms. The highest BCUT2D eigenvalue weighted by molar-refractivity contribution is 8.00. The van der Waals surface area contributed by atoms with Gasteiger partial charge in [0.2, 0.25) is 11.1 Å². The summed E-state index contributed by atoms with van der Waals surface area (Å²) in [5, 5.41) is 4.79. The molecule has 0 N–H and O–H groups in total.